The van der Waals surface area contributed by atoms with E-state index >= 15 is 0 Å². The largest absolute Gasteiger partial charge is 0.481 e. The smallest absolute Gasteiger partial charge is 0.304 e. The lowest BCUT2D eigenvalue weighted by Gasteiger charge is -2.28. The van der Waals surface area contributed by atoms with Crippen LogP contribution in [0.2, 0.25) is 0 Å². The first-order chi connectivity index (χ1) is 6.65. The number of unbranched alkanes of at least 4 members (excludes halogenated alkanes) is 1. The van der Waals surface area contributed by atoms with Gasteiger partial charge in [-0.3, -0.25) is 4.79 Å². The minimum Gasteiger partial charge on any atom is -0.481 e. The van der Waals surface area contributed by atoms with E-state index in [1.165, 1.54) is 0 Å². The maximum atomic E-state index is 10.7. The van der Waals surface area contributed by atoms with Crippen LogP contribution >= 0.6 is 0 Å². The molecule has 0 aromatic heterocycles. The molecule has 0 bridgehead atoms. The van der Waals surface area contributed by atoms with Crippen LogP contribution in [0.25, 0.3) is 0 Å². The van der Waals surface area contributed by atoms with E-state index in [4.69, 9.17) is 5.11 Å². The van der Waals surface area contributed by atoms with Gasteiger partial charge in [-0.05, 0) is 19.5 Å². The highest BCUT2D eigenvalue weighted by atomic mass is 16.4. The summed E-state index contributed by atoms with van der Waals surface area (Å²) in [5, 5.41) is 8.80. The van der Waals surface area contributed by atoms with Gasteiger partial charge in [-0.1, -0.05) is 33.6 Å². The minimum atomic E-state index is -0.682. The van der Waals surface area contributed by atoms with E-state index in [2.05, 4.69) is 25.7 Å². The van der Waals surface area contributed by atoms with Crippen molar-refractivity contribution < 1.29 is 9.90 Å². The van der Waals surface area contributed by atoms with Gasteiger partial charge in [0.05, 0.1) is 6.42 Å². The standard InChI is InChI=1S/C11H23NO2/c1-4-7-8-10(9-11(13)14)12(5-2)6-3/h10H,4-9H2,1-3H3,(H,13,14). The zero-order chi connectivity index (χ0) is 11.0. The first-order valence-electron chi connectivity index (χ1n) is 5.61. The normalized spacial score (nSPS) is 13.1. The summed E-state index contributed by atoms with van der Waals surface area (Å²) in [5.41, 5.74) is 0. The van der Waals surface area contributed by atoms with Crippen LogP contribution in [0.15, 0.2) is 0 Å². The Kier molecular flexibility index (Phi) is 7.48. The molecule has 0 saturated carbocycles. The van der Waals surface area contributed by atoms with Gasteiger partial charge in [-0.25, -0.2) is 0 Å². The lowest BCUT2D eigenvalue weighted by molar-refractivity contribution is -0.138. The van der Waals surface area contributed by atoms with Gasteiger partial charge in [0.25, 0.3) is 0 Å². The predicted molar refractivity (Wildman–Crippen MR) is 58.5 cm³/mol. The van der Waals surface area contributed by atoms with Gasteiger partial charge >= 0.3 is 5.97 Å². The number of rotatable bonds is 8. The van der Waals surface area contributed by atoms with Gasteiger partial charge < -0.3 is 10.0 Å². The third kappa shape index (κ3) is 5.22. The highest BCUT2D eigenvalue weighted by Gasteiger charge is 2.17. The molecule has 0 aliphatic rings. The zero-order valence-electron chi connectivity index (χ0n) is 9.62. The number of hydrogen-bond acceptors (Lipinski definition) is 2. The fraction of sp³-hybridized carbons (Fsp3) is 0.909. The average molecular weight is 201 g/mol. The van der Waals surface area contributed by atoms with E-state index in [1.807, 2.05) is 0 Å². The molecule has 0 aliphatic heterocycles. The van der Waals surface area contributed by atoms with Crippen LogP contribution in [0.3, 0.4) is 0 Å². The van der Waals surface area contributed by atoms with Gasteiger partial charge in [0.15, 0.2) is 0 Å². The van der Waals surface area contributed by atoms with Crippen molar-refractivity contribution in [2.45, 2.75) is 52.5 Å². The van der Waals surface area contributed by atoms with Crippen molar-refractivity contribution in [1.29, 1.82) is 0 Å². The van der Waals surface area contributed by atoms with Gasteiger partial charge in [0.2, 0.25) is 0 Å². The molecule has 3 heteroatoms. The molecule has 0 aromatic carbocycles. The van der Waals surface area contributed by atoms with Gasteiger partial charge in [-0.2, -0.15) is 0 Å². The lowest BCUT2D eigenvalue weighted by Crippen LogP contribution is -2.36. The monoisotopic (exact) mass is 201 g/mol. The first kappa shape index (κ1) is 13.4. The molecule has 0 amide bonds. The molecular weight excluding hydrogens is 178 g/mol. The van der Waals surface area contributed by atoms with Crippen molar-refractivity contribution in [2.24, 2.45) is 0 Å². The average Bonchev–Trinajstić information content (AvgIpc) is 2.15. The summed E-state index contributed by atoms with van der Waals surface area (Å²) < 4.78 is 0. The van der Waals surface area contributed by atoms with Crippen molar-refractivity contribution in [3.63, 3.8) is 0 Å². The van der Waals surface area contributed by atoms with E-state index in [0.29, 0.717) is 0 Å². The van der Waals surface area contributed by atoms with Crippen molar-refractivity contribution in [3.05, 3.63) is 0 Å². The summed E-state index contributed by atoms with van der Waals surface area (Å²) in [6.07, 6.45) is 3.54. The molecule has 1 N–H and O–H groups in total. The van der Waals surface area contributed by atoms with E-state index in [1.54, 1.807) is 0 Å². The van der Waals surface area contributed by atoms with Gasteiger partial charge in [0.1, 0.15) is 0 Å². The van der Waals surface area contributed by atoms with Crippen LogP contribution in [0, 0.1) is 0 Å². The maximum Gasteiger partial charge on any atom is 0.304 e. The SMILES string of the molecule is CCCCC(CC(=O)O)N(CC)CC. The van der Waals surface area contributed by atoms with E-state index in [9.17, 15) is 4.79 Å². The van der Waals surface area contributed by atoms with Crippen LogP contribution in [0.5, 0.6) is 0 Å². The summed E-state index contributed by atoms with van der Waals surface area (Å²) in [5.74, 6) is -0.682. The highest BCUT2D eigenvalue weighted by molar-refractivity contribution is 5.67. The molecule has 14 heavy (non-hydrogen) atoms. The Hall–Kier alpha value is -0.570. The summed E-state index contributed by atoms with van der Waals surface area (Å²) in [6.45, 7) is 8.20. The molecule has 0 spiro atoms. The highest BCUT2D eigenvalue weighted by Crippen LogP contribution is 2.12. The predicted octanol–water partition coefficient (Wildman–Crippen LogP) is 2.36. The quantitative estimate of drug-likeness (QED) is 0.655. The summed E-state index contributed by atoms with van der Waals surface area (Å²) in [6, 6.07) is 0.224. The van der Waals surface area contributed by atoms with Crippen LogP contribution in [0.1, 0.15) is 46.5 Å². The second-order valence-electron chi connectivity index (χ2n) is 3.62. The van der Waals surface area contributed by atoms with E-state index in [-0.39, 0.29) is 12.5 Å². The molecule has 0 heterocycles. The maximum absolute atomic E-state index is 10.7. The lowest BCUT2D eigenvalue weighted by atomic mass is 10.0. The van der Waals surface area contributed by atoms with Gasteiger partial charge in [0, 0.05) is 6.04 Å². The van der Waals surface area contributed by atoms with Gasteiger partial charge in [-0.15, -0.1) is 0 Å². The summed E-state index contributed by atoms with van der Waals surface area (Å²) >= 11 is 0. The minimum absolute atomic E-state index is 0.224. The Morgan fingerprint density at radius 2 is 1.86 bits per heavy atom. The van der Waals surface area contributed by atoms with Crippen LogP contribution in [-0.4, -0.2) is 35.1 Å². The molecule has 0 rings (SSSR count). The second-order valence-corrected chi connectivity index (χ2v) is 3.62. The second kappa shape index (κ2) is 7.80. The topological polar surface area (TPSA) is 40.5 Å². The summed E-state index contributed by atoms with van der Waals surface area (Å²) in [7, 11) is 0. The Labute approximate surface area is 87.1 Å². The zero-order valence-corrected chi connectivity index (χ0v) is 9.62. The third-order valence-corrected chi connectivity index (χ3v) is 2.63. The van der Waals surface area contributed by atoms with Crippen LogP contribution in [-0.2, 0) is 4.79 Å². The van der Waals surface area contributed by atoms with Crippen LogP contribution < -0.4 is 0 Å². The number of hydrogen-bond donors (Lipinski definition) is 1. The Balaban J connectivity index is 4.12. The number of carbonyl (C=O) groups is 1. The fourth-order valence-corrected chi connectivity index (χ4v) is 1.80. The molecule has 84 valence electrons. The number of nitrogens with zero attached hydrogens (tertiary/aromatic N) is 1. The number of aliphatic carboxylic acids is 1. The van der Waals surface area contributed by atoms with E-state index in [0.717, 1.165) is 32.4 Å². The molecular formula is C11H23NO2. The van der Waals surface area contributed by atoms with Crippen LogP contribution in [0.4, 0.5) is 0 Å². The Morgan fingerprint density at radius 3 is 2.21 bits per heavy atom. The molecule has 1 unspecified atom stereocenters. The molecule has 0 fully saturated rings. The van der Waals surface area contributed by atoms with Crippen molar-refractivity contribution in [2.75, 3.05) is 13.1 Å². The van der Waals surface area contributed by atoms with Crippen molar-refractivity contribution in [1.82, 2.24) is 4.90 Å². The molecule has 0 saturated heterocycles. The molecule has 0 aromatic rings. The van der Waals surface area contributed by atoms with Crippen molar-refractivity contribution >= 4 is 5.97 Å². The number of carboxylic acid groups (broad SMARTS) is 1. The van der Waals surface area contributed by atoms with Crippen molar-refractivity contribution in [3.8, 4) is 0 Å². The third-order valence-electron chi connectivity index (χ3n) is 2.63. The summed E-state index contributed by atoms with van der Waals surface area (Å²) in [4.78, 5) is 12.9. The van der Waals surface area contributed by atoms with E-state index < -0.39 is 5.97 Å². The Bertz CT molecular complexity index is 155. The number of carboxylic acids is 1. The molecule has 3 nitrogen and oxygen atoms in total. The fourth-order valence-electron chi connectivity index (χ4n) is 1.80. The molecule has 0 aliphatic carbocycles. The first-order valence-corrected chi connectivity index (χ1v) is 5.61. The molecule has 0 radical (unpaired) electrons. The Morgan fingerprint density at radius 1 is 1.29 bits per heavy atom. The molecule has 1 atom stereocenters.